The van der Waals surface area contributed by atoms with E-state index in [1.807, 2.05) is 24.4 Å². The van der Waals surface area contributed by atoms with Crippen LogP contribution in [-0.4, -0.2) is 57.0 Å². The third-order valence-corrected chi connectivity index (χ3v) is 7.62. The first kappa shape index (κ1) is 23.6. The molecule has 1 aliphatic rings. The number of hydrogen-bond acceptors (Lipinski definition) is 6. The van der Waals surface area contributed by atoms with Crippen LogP contribution < -0.4 is 11.1 Å². The van der Waals surface area contributed by atoms with E-state index in [-0.39, 0.29) is 0 Å². The van der Waals surface area contributed by atoms with Crippen molar-refractivity contribution in [1.82, 2.24) is 29.6 Å². The smallest absolute Gasteiger partial charge is 0.150 e. The highest BCUT2D eigenvalue weighted by Gasteiger charge is 2.34. The molecule has 1 saturated carbocycles. The van der Waals surface area contributed by atoms with Crippen LogP contribution in [0.5, 0.6) is 0 Å². The van der Waals surface area contributed by atoms with Crippen molar-refractivity contribution in [2.24, 2.45) is 0 Å². The van der Waals surface area contributed by atoms with E-state index in [0.29, 0.717) is 17.8 Å². The number of hydrogen-bond donors (Lipinski definition) is 2. The summed E-state index contributed by atoms with van der Waals surface area (Å²) in [6, 6.07) is 21.3. The van der Waals surface area contributed by atoms with E-state index in [9.17, 15) is 0 Å². The number of likely N-dealkylation sites (N-methyl/N-ethyl adjacent to an activating group) is 1. The Morgan fingerprint density at radius 3 is 2.65 bits per heavy atom. The zero-order valence-electron chi connectivity index (χ0n) is 21.4. The lowest BCUT2D eigenvalue weighted by molar-refractivity contribution is 0.263. The Labute approximate surface area is 217 Å². The third kappa shape index (κ3) is 4.56. The maximum atomic E-state index is 6.41. The summed E-state index contributed by atoms with van der Waals surface area (Å²) in [6.07, 6.45) is 5.91. The minimum atomic E-state index is 0.396. The van der Waals surface area contributed by atoms with E-state index in [1.165, 1.54) is 0 Å². The van der Waals surface area contributed by atoms with Crippen LogP contribution in [0.15, 0.2) is 73.1 Å². The van der Waals surface area contributed by atoms with Gasteiger partial charge in [-0.2, -0.15) is 0 Å². The molecule has 2 aromatic carbocycles. The second kappa shape index (κ2) is 9.92. The molecular weight excluding hydrogens is 458 g/mol. The fraction of sp³-hybridized carbons (Fsp3) is 0.300. The van der Waals surface area contributed by atoms with Crippen LogP contribution in [-0.2, 0) is 0 Å². The fourth-order valence-corrected chi connectivity index (χ4v) is 5.22. The summed E-state index contributed by atoms with van der Waals surface area (Å²) in [5, 5.41) is 4.79. The number of pyridine rings is 1. The van der Waals surface area contributed by atoms with Gasteiger partial charge in [0, 0.05) is 54.0 Å². The molecular formula is C30H33N7. The van der Waals surface area contributed by atoms with Gasteiger partial charge >= 0.3 is 0 Å². The molecule has 0 amide bonds. The van der Waals surface area contributed by atoms with Crippen molar-refractivity contribution < 1.29 is 0 Å². The molecule has 0 aliphatic heterocycles. The second-order valence-electron chi connectivity index (χ2n) is 10.0. The number of nitrogens with one attached hydrogen (secondary N) is 1. The molecule has 0 bridgehead atoms. The molecule has 188 valence electrons. The number of aromatic nitrogens is 4. The minimum absolute atomic E-state index is 0.396. The van der Waals surface area contributed by atoms with Crippen LogP contribution in [0.25, 0.3) is 38.9 Å². The van der Waals surface area contributed by atoms with Gasteiger partial charge in [0.2, 0.25) is 0 Å². The SMILES string of the molecule is CCN(C)CCNC1CC(c2nc(-c3ccc4ccc(-c5ccccc5)nc4c3)c3c(N)nccn23)C1. The first-order chi connectivity index (χ1) is 18.1. The van der Waals surface area contributed by atoms with Gasteiger partial charge in [-0.1, -0.05) is 55.5 Å². The van der Waals surface area contributed by atoms with E-state index >= 15 is 0 Å². The Morgan fingerprint density at radius 1 is 1.03 bits per heavy atom. The van der Waals surface area contributed by atoms with Gasteiger partial charge in [0.05, 0.1) is 11.2 Å². The van der Waals surface area contributed by atoms with Gasteiger partial charge in [0.1, 0.15) is 22.9 Å². The summed E-state index contributed by atoms with van der Waals surface area (Å²) < 4.78 is 2.14. The van der Waals surface area contributed by atoms with Crippen molar-refractivity contribution in [3.8, 4) is 22.5 Å². The molecule has 3 aromatic heterocycles. The maximum absolute atomic E-state index is 6.41. The van der Waals surface area contributed by atoms with Crippen LogP contribution in [0.2, 0.25) is 0 Å². The van der Waals surface area contributed by atoms with E-state index in [1.54, 1.807) is 6.20 Å². The molecule has 3 N–H and O–H groups in total. The van der Waals surface area contributed by atoms with Crippen molar-refractivity contribution in [2.45, 2.75) is 31.7 Å². The lowest BCUT2D eigenvalue weighted by atomic mass is 9.79. The molecule has 0 radical (unpaired) electrons. The monoisotopic (exact) mass is 491 g/mol. The maximum Gasteiger partial charge on any atom is 0.150 e. The number of anilines is 1. The first-order valence-corrected chi connectivity index (χ1v) is 13.1. The Kier molecular flexibility index (Phi) is 6.32. The van der Waals surface area contributed by atoms with Crippen molar-refractivity contribution >= 4 is 22.2 Å². The molecule has 7 heteroatoms. The molecule has 3 heterocycles. The van der Waals surface area contributed by atoms with E-state index in [2.05, 4.69) is 76.0 Å². The lowest BCUT2D eigenvalue weighted by Crippen LogP contribution is -2.43. The summed E-state index contributed by atoms with van der Waals surface area (Å²) in [4.78, 5) is 16.9. The van der Waals surface area contributed by atoms with E-state index in [4.69, 9.17) is 15.7 Å². The van der Waals surface area contributed by atoms with Gasteiger partial charge in [0.25, 0.3) is 0 Å². The Balaban J connectivity index is 1.31. The number of rotatable bonds is 8. The van der Waals surface area contributed by atoms with Crippen LogP contribution in [0.1, 0.15) is 31.5 Å². The summed E-state index contributed by atoms with van der Waals surface area (Å²) in [6.45, 7) is 5.35. The molecule has 1 fully saturated rings. The Bertz CT molecular complexity index is 1540. The standard InChI is InChI=1S/C30H33N7/c1-3-36(2)15-13-32-24-17-23(18-24)30-35-27(28-29(31)33-14-16-37(28)30)22-10-9-21-11-12-25(34-26(21)19-22)20-7-5-4-6-8-20/h4-12,14,16,19,23-24,32H,3,13,15,17-18H2,1-2H3,(H2,31,33). The van der Waals surface area contributed by atoms with E-state index < -0.39 is 0 Å². The molecule has 37 heavy (non-hydrogen) atoms. The zero-order chi connectivity index (χ0) is 25.4. The third-order valence-electron chi connectivity index (χ3n) is 7.62. The topological polar surface area (TPSA) is 84.4 Å². The van der Waals surface area contributed by atoms with Crippen molar-refractivity contribution in [1.29, 1.82) is 0 Å². The van der Waals surface area contributed by atoms with Crippen molar-refractivity contribution in [2.75, 3.05) is 32.4 Å². The number of benzene rings is 2. The molecule has 0 saturated heterocycles. The lowest BCUT2D eigenvalue weighted by Gasteiger charge is -2.35. The number of nitrogens with zero attached hydrogens (tertiary/aromatic N) is 5. The average molecular weight is 492 g/mol. The highest BCUT2D eigenvalue weighted by atomic mass is 15.1. The highest BCUT2D eigenvalue weighted by Crippen LogP contribution is 2.40. The number of fused-ring (bicyclic) bond motifs is 2. The molecule has 5 aromatic rings. The minimum Gasteiger partial charge on any atom is -0.382 e. The Morgan fingerprint density at radius 2 is 1.84 bits per heavy atom. The zero-order valence-corrected chi connectivity index (χ0v) is 21.4. The molecule has 0 unspecified atom stereocenters. The van der Waals surface area contributed by atoms with Crippen molar-refractivity contribution in [3.05, 3.63) is 78.9 Å². The van der Waals surface area contributed by atoms with Crippen LogP contribution in [0.3, 0.4) is 0 Å². The van der Waals surface area contributed by atoms with Gasteiger partial charge in [-0.3, -0.25) is 4.40 Å². The predicted octanol–water partition coefficient (Wildman–Crippen LogP) is 4.98. The van der Waals surface area contributed by atoms with Gasteiger partial charge in [0.15, 0.2) is 0 Å². The molecule has 0 spiro atoms. The molecule has 0 atom stereocenters. The second-order valence-corrected chi connectivity index (χ2v) is 10.0. The summed E-state index contributed by atoms with van der Waals surface area (Å²) in [7, 11) is 2.16. The van der Waals surface area contributed by atoms with Gasteiger partial charge in [-0.15, -0.1) is 0 Å². The van der Waals surface area contributed by atoms with Gasteiger partial charge in [-0.05, 0) is 38.6 Å². The summed E-state index contributed by atoms with van der Waals surface area (Å²) in [5.74, 6) is 1.96. The largest absolute Gasteiger partial charge is 0.382 e. The number of nitrogen functional groups attached to an aromatic ring is 1. The first-order valence-electron chi connectivity index (χ1n) is 13.1. The normalized spacial score (nSPS) is 17.5. The van der Waals surface area contributed by atoms with Crippen LogP contribution in [0, 0.1) is 0 Å². The average Bonchev–Trinajstić information content (AvgIpc) is 3.30. The summed E-state index contributed by atoms with van der Waals surface area (Å²) >= 11 is 0. The number of imidazole rings is 1. The quantitative estimate of drug-likeness (QED) is 0.318. The van der Waals surface area contributed by atoms with E-state index in [0.717, 1.165) is 77.2 Å². The van der Waals surface area contributed by atoms with Gasteiger partial charge < -0.3 is 16.0 Å². The van der Waals surface area contributed by atoms with Crippen LogP contribution >= 0.6 is 0 Å². The van der Waals surface area contributed by atoms with Crippen LogP contribution in [0.4, 0.5) is 5.82 Å². The predicted molar refractivity (Wildman–Crippen MR) is 151 cm³/mol. The van der Waals surface area contributed by atoms with Crippen molar-refractivity contribution in [3.63, 3.8) is 0 Å². The highest BCUT2D eigenvalue weighted by molar-refractivity contribution is 5.91. The molecule has 7 nitrogen and oxygen atoms in total. The fourth-order valence-electron chi connectivity index (χ4n) is 5.22. The summed E-state index contributed by atoms with van der Waals surface area (Å²) in [5.41, 5.74) is 12.2. The molecule has 1 aliphatic carbocycles. The van der Waals surface area contributed by atoms with Gasteiger partial charge in [-0.25, -0.2) is 15.0 Å². The number of nitrogens with two attached hydrogens (primary N) is 1. The molecule has 6 rings (SSSR count). The Hall–Kier alpha value is -3.81.